The Morgan fingerprint density at radius 1 is 1.32 bits per heavy atom. The van der Waals surface area contributed by atoms with Crippen molar-refractivity contribution in [2.24, 2.45) is 5.92 Å². The third kappa shape index (κ3) is 2.87. The Morgan fingerprint density at radius 3 is 2.53 bits per heavy atom. The summed E-state index contributed by atoms with van der Waals surface area (Å²) in [6.07, 6.45) is 7.01. The second kappa shape index (κ2) is 5.92. The molecule has 2 rings (SSSR count). The number of rotatable bonds is 2. The SMILES string of the molecule is C#C[As](Cl)(c1ccccc1)C1CC(C)N(C)CC1C. The van der Waals surface area contributed by atoms with Crippen LogP contribution in [0.2, 0.25) is 4.71 Å². The van der Waals surface area contributed by atoms with Crippen molar-refractivity contribution < 1.29 is 0 Å². The van der Waals surface area contributed by atoms with Gasteiger partial charge in [-0.05, 0) is 0 Å². The molecular weight excluding hydrogens is 317 g/mol. The number of terminal acetylenes is 1. The number of benzene rings is 1. The average Bonchev–Trinajstić information content (AvgIpc) is 2.43. The van der Waals surface area contributed by atoms with Gasteiger partial charge in [0.2, 0.25) is 0 Å². The van der Waals surface area contributed by atoms with Crippen LogP contribution in [-0.2, 0) is 0 Å². The molecule has 0 spiro atoms. The molecule has 1 aliphatic rings. The Balaban J connectivity index is 2.34. The Labute approximate surface area is 123 Å². The molecule has 1 heterocycles. The van der Waals surface area contributed by atoms with E-state index in [1.165, 1.54) is 4.35 Å². The molecule has 0 aromatic heterocycles. The quantitative estimate of drug-likeness (QED) is 0.592. The Morgan fingerprint density at radius 2 is 1.95 bits per heavy atom. The van der Waals surface area contributed by atoms with E-state index < -0.39 is 12.6 Å². The van der Waals surface area contributed by atoms with Crippen molar-refractivity contribution in [2.75, 3.05) is 13.6 Å². The number of halogens is 1. The fraction of sp³-hybridized carbons (Fsp3) is 0.500. The maximum atomic E-state index is 7.05. The first-order chi connectivity index (χ1) is 8.99. The van der Waals surface area contributed by atoms with E-state index in [0.29, 0.717) is 16.7 Å². The molecule has 0 saturated carbocycles. The molecule has 1 nitrogen and oxygen atoms in total. The minimum absolute atomic E-state index is 0.485. The first-order valence-corrected chi connectivity index (χ1v) is 12.2. The molecular formula is C16H22AsClN. The van der Waals surface area contributed by atoms with Crippen molar-refractivity contribution in [1.82, 2.24) is 4.90 Å². The van der Waals surface area contributed by atoms with E-state index in [4.69, 9.17) is 16.4 Å². The van der Waals surface area contributed by atoms with E-state index in [1.807, 2.05) is 18.2 Å². The zero-order chi connectivity index (χ0) is 14.0. The van der Waals surface area contributed by atoms with Crippen LogP contribution in [-0.4, -0.2) is 37.1 Å². The number of hydrogen-bond acceptors (Lipinski definition) is 1. The summed E-state index contributed by atoms with van der Waals surface area (Å²) < 4.78 is 4.75. The van der Waals surface area contributed by atoms with Gasteiger partial charge in [0.25, 0.3) is 0 Å². The number of nitrogens with zero attached hydrogens (tertiary/aromatic N) is 1. The zero-order valence-corrected chi connectivity index (χ0v) is 14.5. The van der Waals surface area contributed by atoms with E-state index >= 15 is 0 Å². The Kier molecular flexibility index (Phi) is 4.67. The van der Waals surface area contributed by atoms with Crippen molar-refractivity contribution in [3.8, 4) is 11.1 Å². The molecule has 4 atom stereocenters. The third-order valence-electron chi connectivity index (χ3n) is 4.34. The second-order valence-corrected chi connectivity index (χ2v) is 14.1. The summed E-state index contributed by atoms with van der Waals surface area (Å²) >= 11 is -2.76. The van der Waals surface area contributed by atoms with Crippen LogP contribution in [0, 0.1) is 17.0 Å². The summed E-state index contributed by atoms with van der Waals surface area (Å²) in [5, 5.41) is 0. The van der Waals surface area contributed by atoms with Crippen LogP contribution in [0.4, 0.5) is 0 Å². The predicted molar refractivity (Wildman–Crippen MR) is 86.1 cm³/mol. The fourth-order valence-corrected chi connectivity index (χ4v) is 10.7. The molecule has 0 aliphatic carbocycles. The summed E-state index contributed by atoms with van der Waals surface area (Å²) in [6, 6.07) is 10.9. The normalized spacial score (nSPS) is 31.4. The molecule has 19 heavy (non-hydrogen) atoms. The molecule has 1 aliphatic heterocycles. The van der Waals surface area contributed by atoms with Gasteiger partial charge in [0.1, 0.15) is 0 Å². The first-order valence-electron chi connectivity index (χ1n) is 6.81. The summed E-state index contributed by atoms with van der Waals surface area (Å²) in [7, 11) is 9.24. The fourth-order valence-electron chi connectivity index (χ4n) is 3.02. The Hall–Kier alpha value is -0.412. The van der Waals surface area contributed by atoms with Gasteiger partial charge in [-0.2, -0.15) is 0 Å². The molecule has 3 heteroatoms. The standard InChI is InChI=1S/C16H22AsClN/c1-5-17(18,15-9-7-6-8-10-15)16-11-14(3)19(4)12-13(16)2/h1,6-10,13-14,16H,11-12H2,2-4H3. The van der Waals surface area contributed by atoms with E-state index in [9.17, 15) is 0 Å². The predicted octanol–water partition coefficient (Wildman–Crippen LogP) is 2.98. The van der Waals surface area contributed by atoms with Crippen LogP contribution in [0.15, 0.2) is 30.3 Å². The van der Waals surface area contributed by atoms with Gasteiger partial charge in [-0.15, -0.1) is 0 Å². The van der Waals surface area contributed by atoms with Gasteiger partial charge >= 0.3 is 124 Å². The molecule has 1 fully saturated rings. The van der Waals surface area contributed by atoms with Crippen LogP contribution < -0.4 is 4.35 Å². The van der Waals surface area contributed by atoms with Gasteiger partial charge in [0.05, 0.1) is 0 Å². The van der Waals surface area contributed by atoms with Crippen molar-refractivity contribution in [1.29, 1.82) is 0 Å². The van der Waals surface area contributed by atoms with Crippen molar-refractivity contribution in [3.05, 3.63) is 30.3 Å². The van der Waals surface area contributed by atoms with Crippen LogP contribution in [0.1, 0.15) is 20.3 Å². The molecule has 4 unspecified atom stereocenters. The molecule has 1 aromatic carbocycles. The minimum atomic E-state index is -2.76. The van der Waals surface area contributed by atoms with Crippen LogP contribution in [0.3, 0.4) is 0 Å². The number of hydrogen-bond donors (Lipinski definition) is 0. The molecule has 1 aromatic rings. The van der Waals surface area contributed by atoms with Crippen molar-refractivity contribution in [3.63, 3.8) is 0 Å². The molecule has 0 bridgehead atoms. The topological polar surface area (TPSA) is 3.24 Å². The number of likely N-dealkylation sites (tertiary alicyclic amines) is 1. The molecule has 103 valence electrons. The summed E-state index contributed by atoms with van der Waals surface area (Å²) in [5.74, 6) is 0.572. The van der Waals surface area contributed by atoms with Crippen molar-refractivity contribution in [2.45, 2.75) is 31.0 Å². The van der Waals surface area contributed by atoms with Crippen LogP contribution in [0.25, 0.3) is 0 Å². The molecule has 1 saturated heterocycles. The van der Waals surface area contributed by atoms with Gasteiger partial charge < -0.3 is 0 Å². The maximum absolute atomic E-state index is 7.05. The van der Waals surface area contributed by atoms with Gasteiger partial charge in [-0.1, -0.05) is 0 Å². The van der Waals surface area contributed by atoms with Gasteiger partial charge in [0.15, 0.2) is 0 Å². The van der Waals surface area contributed by atoms with Crippen molar-refractivity contribution >= 4 is 26.9 Å². The second-order valence-electron chi connectivity index (χ2n) is 5.67. The third-order valence-corrected chi connectivity index (χ3v) is 13.6. The van der Waals surface area contributed by atoms with E-state index in [2.05, 4.69) is 42.6 Å². The Bertz CT molecular complexity index is 469. The molecule has 0 N–H and O–H groups in total. The van der Waals surface area contributed by atoms with E-state index in [0.717, 1.165) is 13.0 Å². The summed E-state index contributed by atoms with van der Waals surface area (Å²) in [5.41, 5.74) is 0. The van der Waals surface area contributed by atoms with Gasteiger partial charge in [-0.25, -0.2) is 0 Å². The first kappa shape index (κ1) is 15.0. The summed E-state index contributed by atoms with van der Waals surface area (Å²) in [4.78, 5) is 2.42. The van der Waals surface area contributed by atoms with Gasteiger partial charge in [-0.3, -0.25) is 0 Å². The average molecular weight is 339 g/mol. The van der Waals surface area contributed by atoms with E-state index in [-0.39, 0.29) is 0 Å². The monoisotopic (exact) mass is 338 g/mol. The number of piperidine rings is 1. The molecule has 0 amide bonds. The summed E-state index contributed by atoms with van der Waals surface area (Å²) in [6.45, 7) is 5.67. The van der Waals surface area contributed by atoms with Gasteiger partial charge in [0, 0.05) is 0 Å². The zero-order valence-electron chi connectivity index (χ0n) is 11.9. The molecule has 1 radical (unpaired) electrons. The van der Waals surface area contributed by atoms with E-state index in [1.54, 1.807) is 0 Å². The van der Waals surface area contributed by atoms with Crippen LogP contribution >= 0.6 is 9.95 Å². The van der Waals surface area contributed by atoms with Crippen LogP contribution in [0.5, 0.6) is 0 Å².